The molecule has 0 spiro atoms. The van der Waals surface area contributed by atoms with E-state index in [1.165, 1.54) is 0 Å². The summed E-state index contributed by atoms with van der Waals surface area (Å²) in [6, 6.07) is 29.8. The number of hydrogen-bond acceptors (Lipinski definition) is 8. The third kappa shape index (κ3) is 10.1. The lowest BCUT2D eigenvalue weighted by Gasteiger charge is -2.47. The fraction of sp³-hybridized carbons (Fsp3) is 0.538. The molecule has 8 nitrogen and oxygen atoms in total. The van der Waals surface area contributed by atoms with Gasteiger partial charge in [-0.3, -0.25) is 0 Å². The Hall–Kier alpha value is -2.44. The van der Waals surface area contributed by atoms with Crippen LogP contribution in [0.5, 0.6) is 0 Å². The third-order valence-electron chi connectivity index (χ3n) is 9.71. The lowest BCUT2D eigenvalue weighted by molar-refractivity contribution is -0.342. The maximum atomic E-state index is 11.4. The minimum absolute atomic E-state index is 0.00717. The number of rotatable bonds is 14. The van der Waals surface area contributed by atoms with Crippen LogP contribution in [0.1, 0.15) is 57.2 Å². The molecule has 0 amide bonds. The zero-order valence-electron chi connectivity index (χ0n) is 29.3. The first-order valence-electron chi connectivity index (χ1n) is 17.2. The highest BCUT2D eigenvalue weighted by Gasteiger charge is 2.50. The summed E-state index contributed by atoms with van der Waals surface area (Å²) in [6.07, 6.45) is -3.26. The van der Waals surface area contributed by atoms with Crippen molar-refractivity contribution in [2.75, 3.05) is 6.61 Å². The van der Waals surface area contributed by atoms with Crippen LogP contribution in [0.25, 0.3) is 0 Å². The smallest absolute Gasteiger partial charge is 0.192 e. The Morgan fingerprint density at radius 3 is 1.75 bits per heavy atom. The van der Waals surface area contributed by atoms with Crippen molar-refractivity contribution >= 4 is 8.32 Å². The monoisotopic (exact) mass is 678 g/mol. The molecule has 0 radical (unpaired) electrons. The Morgan fingerprint density at radius 1 is 0.708 bits per heavy atom. The number of benzene rings is 3. The molecule has 48 heavy (non-hydrogen) atoms. The lowest BCUT2D eigenvalue weighted by Crippen LogP contribution is -2.62. The molecule has 3 aromatic rings. The molecule has 8 atom stereocenters. The first-order chi connectivity index (χ1) is 23.0. The van der Waals surface area contributed by atoms with Crippen LogP contribution in [-0.2, 0) is 52.7 Å². The van der Waals surface area contributed by atoms with E-state index in [1.807, 2.05) is 91.0 Å². The summed E-state index contributed by atoms with van der Waals surface area (Å²) in [5.74, 6) is 0. The maximum Gasteiger partial charge on any atom is 0.192 e. The Labute approximate surface area is 287 Å². The molecule has 1 N–H and O–H groups in total. The van der Waals surface area contributed by atoms with Gasteiger partial charge in [0.2, 0.25) is 0 Å². The molecule has 0 unspecified atom stereocenters. The SMILES string of the molecule is C[C@@H]1O[C@@H](O[C@H]2[C@H](OCc3ccccc3)[C@@H](OCc3ccccc3)[C@@H](O)O[C@@H]2COCc2ccccc2)CC[C@@H]1O[Si](C)(C)C(C)(C)C. The van der Waals surface area contributed by atoms with Gasteiger partial charge in [0, 0.05) is 6.42 Å². The molecule has 0 aliphatic carbocycles. The number of ether oxygens (including phenoxy) is 6. The van der Waals surface area contributed by atoms with E-state index in [4.69, 9.17) is 32.8 Å². The van der Waals surface area contributed by atoms with Gasteiger partial charge < -0.3 is 38.0 Å². The van der Waals surface area contributed by atoms with E-state index in [0.717, 1.165) is 23.1 Å². The summed E-state index contributed by atoms with van der Waals surface area (Å²) in [6.45, 7) is 14.5. The summed E-state index contributed by atoms with van der Waals surface area (Å²) >= 11 is 0. The minimum atomic E-state index is -1.98. The minimum Gasteiger partial charge on any atom is -0.411 e. The molecule has 0 bridgehead atoms. The summed E-state index contributed by atoms with van der Waals surface area (Å²) in [7, 11) is -1.98. The summed E-state index contributed by atoms with van der Waals surface area (Å²) in [4.78, 5) is 0. The van der Waals surface area contributed by atoms with Gasteiger partial charge in [0.05, 0.1) is 38.6 Å². The van der Waals surface area contributed by atoms with Crippen LogP contribution in [0.3, 0.4) is 0 Å². The van der Waals surface area contributed by atoms with Crippen LogP contribution in [0.2, 0.25) is 18.1 Å². The number of hydrogen-bond donors (Lipinski definition) is 1. The van der Waals surface area contributed by atoms with E-state index < -0.39 is 45.3 Å². The molecule has 262 valence electrons. The topological polar surface area (TPSA) is 84.8 Å². The van der Waals surface area contributed by atoms with Crippen molar-refractivity contribution in [2.24, 2.45) is 0 Å². The highest BCUT2D eigenvalue weighted by molar-refractivity contribution is 6.74. The highest BCUT2D eigenvalue weighted by atomic mass is 28.4. The van der Waals surface area contributed by atoms with Crippen molar-refractivity contribution in [2.45, 2.75) is 128 Å². The molecule has 2 aliphatic heterocycles. The second-order valence-corrected chi connectivity index (χ2v) is 19.2. The van der Waals surface area contributed by atoms with Gasteiger partial charge in [-0.05, 0) is 48.2 Å². The molecule has 2 heterocycles. The Bertz CT molecular complexity index is 1350. The molecular weight excluding hydrogens is 625 g/mol. The second-order valence-electron chi connectivity index (χ2n) is 14.5. The van der Waals surface area contributed by atoms with Crippen molar-refractivity contribution in [3.63, 3.8) is 0 Å². The Morgan fingerprint density at radius 2 is 1.23 bits per heavy atom. The van der Waals surface area contributed by atoms with Gasteiger partial charge >= 0.3 is 0 Å². The van der Waals surface area contributed by atoms with E-state index in [1.54, 1.807) is 0 Å². The quantitative estimate of drug-likeness (QED) is 0.177. The van der Waals surface area contributed by atoms with Gasteiger partial charge in [0.25, 0.3) is 0 Å². The highest BCUT2D eigenvalue weighted by Crippen LogP contribution is 2.40. The first kappa shape index (κ1) is 36.8. The fourth-order valence-electron chi connectivity index (χ4n) is 5.88. The molecule has 2 saturated heterocycles. The van der Waals surface area contributed by atoms with Crippen LogP contribution < -0.4 is 0 Å². The van der Waals surface area contributed by atoms with Crippen molar-refractivity contribution in [3.8, 4) is 0 Å². The fourth-order valence-corrected chi connectivity index (χ4v) is 7.30. The van der Waals surface area contributed by atoms with Crippen molar-refractivity contribution in [3.05, 3.63) is 108 Å². The first-order valence-corrected chi connectivity index (χ1v) is 20.2. The molecule has 0 saturated carbocycles. The average molecular weight is 679 g/mol. The summed E-state index contributed by atoms with van der Waals surface area (Å²) in [5.41, 5.74) is 3.03. The van der Waals surface area contributed by atoms with Gasteiger partial charge in [-0.1, -0.05) is 112 Å². The lowest BCUT2D eigenvalue weighted by atomic mass is 9.97. The van der Waals surface area contributed by atoms with E-state index in [-0.39, 0.29) is 30.5 Å². The molecule has 3 aromatic carbocycles. The van der Waals surface area contributed by atoms with Crippen LogP contribution >= 0.6 is 0 Å². The van der Waals surface area contributed by atoms with Crippen molar-refractivity contribution in [1.82, 2.24) is 0 Å². The largest absolute Gasteiger partial charge is 0.411 e. The van der Waals surface area contributed by atoms with E-state index >= 15 is 0 Å². The molecule has 0 aromatic heterocycles. The zero-order chi connectivity index (χ0) is 34.1. The van der Waals surface area contributed by atoms with E-state index in [2.05, 4.69) is 40.8 Å². The Kier molecular flexibility index (Phi) is 13.0. The molecule has 9 heteroatoms. The normalized spacial score (nSPS) is 28.3. The zero-order valence-corrected chi connectivity index (χ0v) is 30.3. The number of aliphatic hydroxyl groups is 1. The van der Waals surface area contributed by atoms with Crippen molar-refractivity contribution < 1.29 is 38.0 Å². The standard InChI is InChI=1S/C39H54O8Si/c1-28-32(47-48(5,6)39(2,3)4)22-23-34(44-28)46-35-33(27-41-24-29-16-10-7-11-17-29)45-38(40)37(43-26-31-20-14-9-15-21-31)36(35)42-25-30-18-12-8-13-19-30/h7-21,28,32-38,40H,22-27H2,1-6H3/t28-,32-,33+,34-,35+,36-,37+,38-/m0/s1. The van der Waals surface area contributed by atoms with Crippen molar-refractivity contribution in [1.29, 1.82) is 0 Å². The van der Waals surface area contributed by atoms with Crippen LogP contribution in [0, 0.1) is 0 Å². The van der Waals surface area contributed by atoms with E-state index in [0.29, 0.717) is 19.6 Å². The van der Waals surface area contributed by atoms with Gasteiger partial charge in [0.1, 0.15) is 24.4 Å². The average Bonchev–Trinajstić information content (AvgIpc) is 3.06. The van der Waals surface area contributed by atoms with Gasteiger partial charge in [-0.2, -0.15) is 0 Å². The van der Waals surface area contributed by atoms with Crippen LogP contribution in [0.15, 0.2) is 91.0 Å². The predicted molar refractivity (Wildman–Crippen MR) is 188 cm³/mol. The van der Waals surface area contributed by atoms with Gasteiger partial charge in [-0.15, -0.1) is 0 Å². The maximum absolute atomic E-state index is 11.4. The summed E-state index contributed by atoms with van der Waals surface area (Å²) < 4.78 is 45.5. The molecule has 5 rings (SSSR count). The van der Waals surface area contributed by atoms with Gasteiger partial charge in [0.15, 0.2) is 20.9 Å². The van der Waals surface area contributed by atoms with Crippen LogP contribution in [0.4, 0.5) is 0 Å². The summed E-state index contributed by atoms with van der Waals surface area (Å²) in [5, 5.41) is 11.5. The number of aliphatic hydroxyl groups excluding tert-OH is 1. The third-order valence-corrected chi connectivity index (χ3v) is 14.2. The van der Waals surface area contributed by atoms with Gasteiger partial charge in [-0.25, -0.2) is 0 Å². The molecular formula is C39H54O8Si. The predicted octanol–water partition coefficient (Wildman–Crippen LogP) is 7.39. The Balaban J connectivity index is 1.35. The molecule has 2 aliphatic rings. The van der Waals surface area contributed by atoms with Crippen LogP contribution in [-0.4, -0.2) is 69.2 Å². The molecule has 2 fully saturated rings. The second kappa shape index (κ2) is 17.0. The van der Waals surface area contributed by atoms with E-state index in [9.17, 15) is 5.11 Å².